The molecule has 0 atom stereocenters. The molecule has 4 heteroatoms. The molecular weight excluding hydrogens is 316 g/mol. The summed E-state index contributed by atoms with van der Waals surface area (Å²) in [4.78, 5) is 2.61. The molecule has 2 saturated heterocycles. The van der Waals surface area contributed by atoms with Crippen molar-refractivity contribution in [1.82, 2.24) is 10.2 Å². The Labute approximate surface area is 129 Å². The van der Waals surface area contributed by atoms with Gasteiger partial charge in [0.1, 0.15) is 5.75 Å². The van der Waals surface area contributed by atoms with Crippen molar-refractivity contribution in [3.63, 3.8) is 0 Å². The Morgan fingerprint density at radius 2 is 2.10 bits per heavy atom. The van der Waals surface area contributed by atoms with E-state index in [0.717, 1.165) is 16.8 Å². The van der Waals surface area contributed by atoms with E-state index < -0.39 is 0 Å². The zero-order chi connectivity index (χ0) is 14.0. The van der Waals surface area contributed by atoms with Gasteiger partial charge >= 0.3 is 0 Å². The van der Waals surface area contributed by atoms with Crippen LogP contribution in [0.2, 0.25) is 0 Å². The van der Waals surface area contributed by atoms with Crippen LogP contribution in [0.1, 0.15) is 24.8 Å². The lowest BCUT2D eigenvalue weighted by atomic mass is 9.78. The summed E-state index contributed by atoms with van der Waals surface area (Å²) in [5.74, 6) is 0.907. The van der Waals surface area contributed by atoms with E-state index in [4.69, 9.17) is 4.74 Å². The molecule has 20 heavy (non-hydrogen) atoms. The summed E-state index contributed by atoms with van der Waals surface area (Å²) in [7, 11) is 1.71. The number of hydrogen-bond acceptors (Lipinski definition) is 3. The van der Waals surface area contributed by atoms with Crippen LogP contribution in [-0.2, 0) is 6.54 Å². The van der Waals surface area contributed by atoms with E-state index in [-0.39, 0.29) is 0 Å². The molecule has 0 aromatic heterocycles. The van der Waals surface area contributed by atoms with Crippen LogP contribution < -0.4 is 10.1 Å². The third kappa shape index (κ3) is 3.02. The van der Waals surface area contributed by atoms with Crippen LogP contribution in [0.4, 0.5) is 0 Å². The normalized spacial score (nSPS) is 22.3. The first kappa shape index (κ1) is 14.4. The SMILES string of the molecule is COc1ccc(CN2CCC3(CCNCC3)C2)cc1Br. The van der Waals surface area contributed by atoms with E-state index in [1.165, 1.54) is 51.0 Å². The van der Waals surface area contributed by atoms with Crippen molar-refractivity contribution in [1.29, 1.82) is 0 Å². The second kappa shape index (κ2) is 6.04. The van der Waals surface area contributed by atoms with Gasteiger partial charge in [0.25, 0.3) is 0 Å². The maximum absolute atomic E-state index is 5.29. The van der Waals surface area contributed by atoms with Crippen LogP contribution in [0.5, 0.6) is 5.75 Å². The molecule has 2 heterocycles. The Kier molecular flexibility index (Phi) is 4.34. The quantitative estimate of drug-likeness (QED) is 0.916. The lowest BCUT2D eigenvalue weighted by Gasteiger charge is -2.34. The van der Waals surface area contributed by atoms with Crippen molar-refractivity contribution >= 4 is 15.9 Å². The molecule has 0 bridgehead atoms. The lowest BCUT2D eigenvalue weighted by Crippen LogP contribution is -2.38. The Morgan fingerprint density at radius 1 is 1.30 bits per heavy atom. The predicted octanol–water partition coefficient (Wildman–Crippen LogP) is 3.03. The van der Waals surface area contributed by atoms with Crippen LogP contribution in [0.3, 0.4) is 0 Å². The number of nitrogens with one attached hydrogen (secondary N) is 1. The number of hydrogen-bond donors (Lipinski definition) is 1. The molecule has 0 saturated carbocycles. The molecule has 0 radical (unpaired) electrons. The Hall–Kier alpha value is -0.580. The lowest BCUT2D eigenvalue weighted by molar-refractivity contribution is 0.194. The zero-order valence-corrected chi connectivity index (χ0v) is 13.7. The van der Waals surface area contributed by atoms with E-state index in [0.29, 0.717) is 5.41 Å². The topological polar surface area (TPSA) is 24.5 Å². The largest absolute Gasteiger partial charge is 0.496 e. The van der Waals surface area contributed by atoms with E-state index in [1.807, 2.05) is 0 Å². The second-order valence-corrected chi connectivity index (χ2v) is 7.03. The van der Waals surface area contributed by atoms with E-state index >= 15 is 0 Å². The fourth-order valence-electron chi connectivity index (χ4n) is 3.59. The summed E-state index contributed by atoms with van der Waals surface area (Å²) in [5, 5.41) is 3.48. The second-order valence-electron chi connectivity index (χ2n) is 6.18. The average molecular weight is 339 g/mol. The summed E-state index contributed by atoms with van der Waals surface area (Å²) < 4.78 is 6.34. The number of benzene rings is 1. The van der Waals surface area contributed by atoms with Crippen molar-refractivity contribution in [2.24, 2.45) is 5.41 Å². The average Bonchev–Trinajstić information content (AvgIpc) is 2.82. The number of halogens is 1. The first-order chi connectivity index (χ1) is 9.71. The van der Waals surface area contributed by atoms with Gasteiger partial charge in [0.05, 0.1) is 11.6 Å². The highest BCUT2D eigenvalue weighted by molar-refractivity contribution is 9.10. The molecule has 1 N–H and O–H groups in total. The smallest absolute Gasteiger partial charge is 0.133 e. The molecule has 1 aromatic rings. The van der Waals surface area contributed by atoms with Crippen LogP contribution in [0.25, 0.3) is 0 Å². The minimum Gasteiger partial charge on any atom is -0.496 e. The van der Waals surface area contributed by atoms with Gasteiger partial charge in [-0.1, -0.05) is 6.07 Å². The van der Waals surface area contributed by atoms with Crippen molar-refractivity contribution in [2.75, 3.05) is 33.3 Å². The summed E-state index contributed by atoms with van der Waals surface area (Å²) in [6.45, 7) is 5.95. The molecule has 0 unspecified atom stereocenters. The van der Waals surface area contributed by atoms with E-state index in [9.17, 15) is 0 Å². The molecule has 0 amide bonds. The van der Waals surface area contributed by atoms with E-state index in [1.54, 1.807) is 7.11 Å². The summed E-state index contributed by atoms with van der Waals surface area (Å²) in [6, 6.07) is 6.42. The molecule has 2 aliphatic heterocycles. The molecule has 2 fully saturated rings. The standard InChI is InChI=1S/C16H23BrN2O/c1-20-15-3-2-13(10-14(15)17)11-19-9-6-16(12-19)4-7-18-8-5-16/h2-3,10,18H,4-9,11-12H2,1H3. The molecule has 0 aliphatic carbocycles. The highest BCUT2D eigenvalue weighted by Crippen LogP contribution is 2.39. The Balaban J connectivity index is 1.63. The van der Waals surface area contributed by atoms with Gasteiger partial charge in [-0.05, 0) is 77.9 Å². The van der Waals surface area contributed by atoms with Gasteiger partial charge in [-0.3, -0.25) is 4.90 Å². The first-order valence-corrected chi connectivity index (χ1v) is 8.26. The molecule has 3 nitrogen and oxygen atoms in total. The first-order valence-electron chi connectivity index (χ1n) is 7.46. The number of rotatable bonds is 3. The van der Waals surface area contributed by atoms with Gasteiger partial charge in [-0.15, -0.1) is 0 Å². The monoisotopic (exact) mass is 338 g/mol. The maximum atomic E-state index is 5.29. The maximum Gasteiger partial charge on any atom is 0.133 e. The molecule has 1 spiro atoms. The minimum absolute atomic E-state index is 0.592. The zero-order valence-electron chi connectivity index (χ0n) is 12.1. The molecule has 2 aliphatic rings. The van der Waals surface area contributed by atoms with Gasteiger partial charge in [0.15, 0.2) is 0 Å². The van der Waals surface area contributed by atoms with Gasteiger partial charge in [0, 0.05) is 13.1 Å². The van der Waals surface area contributed by atoms with Gasteiger partial charge < -0.3 is 10.1 Å². The van der Waals surface area contributed by atoms with Crippen LogP contribution in [-0.4, -0.2) is 38.2 Å². The summed E-state index contributed by atoms with van der Waals surface area (Å²) >= 11 is 3.57. The van der Waals surface area contributed by atoms with Crippen LogP contribution >= 0.6 is 15.9 Å². The van der Waals surface area contributed by atoms with E-state index in [2.05, 4.69) is 44.3 Å². The number of likely N-dealkylation sites (tertiary alicyclic amines) is 1. The summed E-state index contributed by atoms with van der Waals surface area (Å²) in [5.41, 5.74) is 1.96. The number of ether oxygens (including phenoxy) is 1. The number of nitrogens with zero attached hydrogens (tertiary/aromatic N) is 1. The summed E-state index contributed by atoms with van der Waals surface area (Å²) in [6.07, 6.45) is 4.05. The van der Waals surface area contributed by atoms with Gasteiger partial charge in [-0.25, -0.2) is 0 Å². The number of methoxy groups -OCH3 is 1. The van der Waals surface area contributed by atoms with Gasteiger partial charge in [-0.2, -0.15) is 0 Å². The van der Waals surface area contributed by atoms with Gasteiger partial charge in [0.2, 0.25) is 0 Å². The number of piperidine rings is 1. The Morgan fingerprint density at radius 3 is 2.80 bits per heavy atom. The molecule has 3 rings (SSSR count). The van der Waals surface area contributed by atoms with Crippen LogP contribution in [0, 0.1) is 5.41 Å². The van der Waals surface area contributed by atoms with Crippen LogP contribution in [0.15, 0.2) is 22.7 Å². The van der Waals surface area contributed by atoms with Crippen molar-refractivity contribution in [2.45, 2.75) is 25.8 Å². The third-order valence-corrected chi connectivity index (χ3v) is 5.42. The third-order valence-electron chi connectivity index (χ3n) is 4.80. The van der Waals surface area contributed by atoms with Crippen molar-refractivity contribution < 1.29 is 4.74 Å². The highest BCUT2D eigenvalue weighted by atomic mass is 79.9. The van der Waals surface area contributed by atoms with Crippen molar-refractivity contribution in [3.8, 4) is 5.75 Å². The molecule has 1 aromatic carbocycles. The Bertz CT molecular complexity index is 472. The van der Waals surface area contributed by atoms with Crippen molar-refractivity contribution in [3.05, 3.63) is 28.2 Å². The fraction of sp³-hybridized carbons (Fsp3) is 0.625. The molecular formula is C16H23BrN2O. The highest BCUT2D eigenvalue weighted by Gasteiger charge is 2.38. The fourth-order valence-corrected chi connectivity index (χ4v) is 4.18. The minimum atomic E-state index is 0.592. The molecule has 110 valence electrons. The predicted molar refractivity (Wildman–Crippen MR) is 85.1 cm³/mol.